The maximum Gasteiger partial charge on any atom is 0.419 e. The number of amides is 1. The molecule has 0 saturated heterocycles. The van der Waals surface area contributed by atoms with Gasteiger partial charge in [-0.25, -0.2) is 14.4 Å². The summed E-state index contributed by atoms with van der Waals surface area (Å²) >= 11 is 0. The molecule has 33 heavy (non-hydrogen) atoms. The quantitative estimate of drug-likeness (QED) is 0.427. The van der Waals surface area contributed by atoms with Crippen molar-refractivity contribution in [3.63, 3.8) is 0 Å². The molecular weight excluding hydrogens is 438 g/mol. The van der Waals surface area contributed by atoms with E-state index in [1.165, 1.54) is 6.33 Å². The molecule has 2 heterocycles. The average Bonchev–Trinajstić information content (AvgIpc) is 3.27. The first-order valence-corrected chi connectivity index (χ1v) is 10.3. The van der Waals surface area contributed by atoms with Gasteiger partial charge >= 0.3 is 6.18 Å². The van der Waals surface area contributed by atoms with Crippen LogP contribution in [0.2, 0.25) is 0 Å². The molecule has 1 aliphatic carbocycles. The van der Waals surface area contributed by atoms with E-state index in [1.54, 1.807) is 6.20 Å². The summed E-state index contributed by atoms with van der Waals surface area (Å²) in [6, 6.07) is 7.69. The number of H-pyrrole nitrogens is 1. The number of hydrogen-bond donors (Lipinski definition) is 2. The van der Waals surface area contributed by atoms with Gasteiger partial charge in [0.1, 0.15) is 12.1 Å². The van der Waals surface area contributed by atoms with Crippen molar-refractivity contribution in [2.45, 2.75) is 31.5 Å². The van der Waals surface area contributed by atoms with Gasteiger partial charge in [0.2, 0.25) is 0 Å². The lowest BCUT2D eigenvalue weighted by Crippen LogP contribution is -2.31. The number of rotatable bonds is 3. The molecule has 2 N–H and O–H groups in total. The van der Waals surface area contributed by atoms with Crippen LogP contribution in [-0.4, -0.2) is 26.1 Å². The predicted molar refractivity (Wildman–Crippen MR) is 112 cm³/mol. The molecule has 0 spiro atoms. The Morgan fingerprint density at radius 3 is 2.76 bits per heavy atom. The Balaban J connectivity index is 1.41. The largest absolute Gasteiger partial charge is 0.419 e. The number of carbonyl (C=O) groups is 1. The van der Waals surface area contributed by atoms with Crippen molar-refractivity contribution in [1.82, 2.24) is 25.5 Å². The fourth-order valence-corrected chi connectivity index (χ4v) is 4.23. The minimum absolute atomic E-state index is 0.160. The Bertz CT molecular complexity index is 1360. The molecule has 10 heteroatoms. The number of aryl methyl sites for hydroxylation is 1. The Kier molecular flexibility index (Phi) is 5.07. The van der Waals surface area contributed by atoms with Gasteiger partial charge in [-0.3, -0.25) is 9.89 Å². The summed E-state index contributed by atoms with van der Waals surface area (Å²) in [5.74, 6) is -2.10. The molecule has 0 saturated carbocycles. The summed E-state index contributed by atoms with van der Waals surface area (Å²) in [6.07, 6.45) is 0.598. The van der Waals surface area contributed by atoms with Crippen LogP contribution in [0.15, 0.2) is 48.9 Å². The zero-order chi connectivity index (χ0) is 23.2. The van der Waals surface area contributed by atoms with Gasteiger partial charge in [-0.2, -0.15) is 18.3 Å². The van der Waals surface area contributed by atoms with E-state index in [1.807, 2.05) is 18.2 Å². The lowest BCUT2D eigenvalue weighted by molar-refractivity contribution is -0.140. The van der Waals surface area contributed by atoms with Gasteiger partial charge in [0.15, 0.2) is 5.65 Å². The van der Waals surface area contributed by atoms with E-state index >= 15 is 0 Å². The van der Waals surface area contributed by atoms with Crippen molar-refractivity contribution in [3.8, 4) is 11.3 Å². The molecule has 5 rings (SSSR count). The number of benzene rings is 2. The third-order valence-electron chi connectivity index (χ3n) is 5.82. The summed E-state index contributed by atoms with van der Waals surface area (Å²) in [6.45, 7) is 0. The minimum Gasteiger partial charge on any atom is -0.345 e. The molecule has 168 valence electrons. The number of halogens is 4. The van der Waals surface area contributed by atoms with Crippen LogP contribution in [0.3, 0.4) is 0 Å². The number of hydrogen-bond acceptors (Lipinski definition) is 4. The Labute approximate surface area is 185 Å². The van der Waals surface area contributed by atoms with Gasteiger partial charge in [0.25, 0.3) is 5.91 Å². The van der Waals surface area contributed by atoms with Crippen molar-refractivity contribution in [1.29, 1.82) is 0 Å². The van der Waals surface area contributed by atoms with Crippen molar-refractivity contribution >= 4 is 16.9 Å². The molecule has 4 aromatic rings. The lowest BCUT2D eigenvalue weighted by atomic mass is 9.86. The highest BCUT2D eigenvalue weighted by Gasteiger charge is 2.34. The van der Waals surface area contributed by atoms with Crippen LogP contribution in [0.4, 0.5) is 17.6 Å². The monoisotopic (exact) mass is 455 g/mol. The van der Waals surface area contributed by atoms with E-state index in [4.69, 9.17) is 0 Å². The molecule has 1 amide bonds. The van der Waals surface area contributed by atoms with E-state index in [0.717, 1.165) is 46.7 Å². The van der Waals surface area contributed by atoms with Crippen LogP contribution in [0, 0.1) is 5.82 Å². The average molecular weight is 455 g/mol. The molecule has 0 bridgehead atoms. The minimum atomic E-state index is -4.81. The third-order valence-corrected chi connectivity index (χ3v) is 5.82. The Morgan fingerprint density at radius 2 is 1.97 bits per heavy atom. The fourth-order valence-electron chi connectivity index (χ4n) is 4.23. The van der Waals surface area contributed by atoms with E-state index in [9.17, 15) is 22.4 Å². The normalized spacial score (nSPS) is 15.9. The first-order chi connectivity index (χ1) is 15.8. The first-order valence-electron chi connectivity index (χ1n) is 10.3. The highest BCUT2D eigenvalue weighted by molar-refractivity contribution is 5.94. The molecule has 6 nitrogen and oxygen atoms in total. The fraction of sp³-hybridized carbons (Fsp3) is 0.217. The lowest BCUT2D eigenvalue weighted by Gasteiger charge is -2.27. The first kappa shape index (κ1) is 21.0. The zero-order valence-electron chi connectivity index (χ0n) is 17.1. The van der Waals surface area contributed by atoms with Crippen molar-refractivity contribution in [2.75, 3.05) is 0 Å². The topological polar surface area (TPSA) is 83.6 Å². The second kappa shape index (κ2) is 7.95. The second-order valence-electron chi connectivity index (χ2n) is 7.88. The van der Waals surface area contributed by atoms with E-state index in [0.29, 0.717) is 24.2 Å². The second-order valence-corrected chi connectivity index (χ2v) is 7.88. The van der Waals surface area contributed by atoms with Gasteiger partial charge in [-0.15, -0.1) is 0 Å². The number of aromatic nitrogens is 4. The van der Waals surface area contributed by atoms with Crippen molar-refractivity contribution in [3.05, 3.63) is 77.0 Å². The molecule has 1 unspecified atom stereocenters. The SMILES string of the molecule is O=C(NC1CCCc2cc(-c3ncnc4[nH]ncc34)ccc21)c1ccc(C(F)(F)F)c(F)c1. The van der Waals surface area contributed by atoms with E-state index in [-0.39, 0.29) is 11.6 Å². The number of alkyl halides is 3. The molecule has 2 aromatic carbocycles. The molecule has 0 radical (unpaired) electrons. The van der Waals surface area contributed by atoms with Crippen molar-refractivity contribution < 1.29 is 22.4 Å². The van der Waals surface area contributed by atoms with Crippen molar-refractivity contribution in [2.24, 2.45) is 0 Å². The highest BCUT2D eigenvalue weighted by atomic mass is 19.4. The number of carbonyl (C=O) groups excluding carboxylic acids is 1. The van der Waals surface area contributed by atoms with Gasteiger partial charge in [0, 0.05) is 11.1 Å². The Hall–Kier alpha value is -3.82. The zero-order valence-corrected chi connectivity index (χ0v) is 17.1. The standard InChI is InChI=1S/C23H17F4N5O/c24-18-9-14(5-7-17(18)23(25,26)27)22(33)31-19-3-1-2-12-8-13(4-6-15(12)19)20-16-10-30-32-21(16)29-11-28-20/h4-11,19H,1-3H2,(H,31,33)(H,28,29,30,32). The summed E-state index contributed by atoms with van der Waals surface area (Å²) in [5, 5.41) is 10.5. The van der Waals surface area contributed by atoms with Gasteiger partial charge in [-0.05, 0) is 54.7 Å². The number of nitrogens with zero attached hydrogens (tertiary/aromatic N) is 3. The number of aromatic amines is 1. The molecule has 1 aliphatic rings. The van der Waals surface area contributed by atoms with Gasteiger partial charge in [0.05, 0.1) is 28.9 Å². The Morgan fingerprint density at radius 1 is 1.12 bits per heavy atom. The molecular formula is C23H17F4N5O. The van der Waals surface area contributed by atoms with E-state index in [2.05, 4.69) is 25.5 Å². The smallest absolute Gasteiger partial charge is 0.345 e. The summed E-state index contributed by atoms with van der Waals surface area (Å²) < 4.78 is 52.3. The van der Waals surface area contributed by atoms with Crippen LogP contribution in [0.1, 0.15) is 45.9 Å². The van der Waals surface area contributed by atoms with Crippen LogP contribution >= 0.6 is 0 Å². The van der Waals surface area contributed by atoms with Crippen LogP contribution < -0.4 is 5.32 Å². The van der Waals surface area contributed by atoms with E-state index < -0.39 is 23.5 Å². The number of fused-ring (bicyclic) bond motifs is 2. The molecule has 0 aliphatic heterocycles. The molecule has 2 aromatic heterocycles. The van der Waals surface area contributed by atoms with Crippen LogP contribution in [0.5, 0.6) is 0 Å². The number of nitrogens with one attached hydrogen (secondary N) is 2. The molecule has 0 fully saturated rings. The predicted octanol–water partition coefficient (Wildman–Crippen LogP) is 4.99. The highest BCUT2D eigenvalue weighted by Crippen LogP contribution is 2.35. The summed E-state index contributed by atoms with van der Waals surface area (Å²) in [7, 11) is 0. The maximum atomic E-state index is 13.9. The summed E-state index contributed by atoms with van der Waals surface area (Å²) in [5.41, 5.74) is 2.66. The van der Waals surface area contributed by atoms with Crippen LogP contribution in [0.25, 0.3) is 22.3 Å². The third kappa shape index (κ3) is 3.92. The van der Waals surface area contributed by atoms with Gasteiger partial charge in [-0.1, -0.05) is 12.1 Å². The van der Waals surface area contributed by atoms with Crippen LogP contribution in [-0.2, 0) is 12.6 Å². The van der Waals surface area contributed by atoms with Gasteiger partial charge < -0.3 is 5.32 Å². The summed E-state index contributed by atoms with van der Waals surface area (Å²) in [4.78, 5) is 21.2. The maximum absolute atomic E-state index is 13.9. The molecule has 1 atom stereocenters.